The number of ketones is 1. The molecule has 17 heavy (non-hydrogen) atoms. The molecule has 2 nitrogen and oxygen atoms in total. The molecule has 0 bridgehead atoms. The van der Waals surface area contributed by atoms with E-state index in [1.165, 1.54) is 12.8 Å². The highest BCUT2D eigenvalue weighted by Gasteiger charge is 2.24. The van der Waals surface area contributed by atoms with Crippen molar-refractivity contribution in [2.75, 3.05) is 11.4 Å². The average Bonchev–Trinajstić information content (AvgIpc) is 2.76. The van der Waals surface area contributed by atoms with Crippen LogP contribution in [-0.4, -0.2) is 18.4 Å². The van der Waals surface area contributed by atoms with E-state index in [0.717, 1.165) is 18.7 Å². The van der Waals surface area contributed by atoms with Gasteiger partial charge in [-0.1, -0.05) is 18.5 Å². The first-order valence-corrected chi connectivity index (χ1v) is 6.58. The summed E-state index contributed by atoms with van der Waals surface area (Å²) in [5, 5.41) is 0.693. The Morgan fingerprint density at radius 2 is 2.29 bits per heavy atom. The van der Waals surface area contributed by atoms with Crippen LogP contribution in [0.15, 0.2) is 18.2 Å². The second-order valence-corrected chi connectivity index (χ2v) is 5.03. The molecular formula is C14H18ClNO. The zero-order chi connectivity index (χ0) is 12.4. The van der Waals surface area contributed by atoms with Crippen LogP contribution in [0.3, 0.4) is 0 Å². The molecule has 0 aromatic heterocycles. The van der Waals surface area contributed by atoms with Crippen LogP contribution in [0.5, 0.6) is 0 Å². The lowest BCUT2D eigenvalue weighted by Gasteiger charge is -2.27. The van der Waals surface area contributed by atoms with E-state index in [4.69, 9.17) is 11.6 Å². The van der Waals surface area contributed by atoms with E-state index in [-0.39, 0.29) is 5.78 Å². The van der Waals surface area contributed by atoms with Crippen LogP contribution in [0.25, 0.3) is 0 Å². The third kappa shape index (κ3) is 2.47. The molecule has 0 spiro atoms. The Morgan fingerprint density at radius 1 is 1.53 bits per heavy atom. The Bertz CT molecular complexity index is 430. The maximum absolute atomic E-state index is 11.3. The first-order chi connectivity index (χ1) is 8.13. The lowest BCUT2D eigenvalue weighted by molar-refractivity contribution is 0.101. The van der Waals surface area contributed by atoms with Gasteiger partial charge in [0, 0.05) is 18.2 Å². The van der Waals surface area contributed by atoms with Crippen molar-refractivity contribution in [2.24, 2.45) is 0 Å². The van der Waals surface area contributed by atoms with Gasteiger partial charge in [0.25, 0.3) is 0 Å². The molecule has 1 aromatic rings. The molecule has 92 valence electrons. The highest BCUT2D eigenvalue weighted by Crippen LogP contribution is 2.33. The smallest absolute Gasteiger partial charge is 0.159 e. The van der Waals surface area contributed by atoms with Gasteiger partial charge in [-0.3, -0.25) is 4.79 Å². The highest BCUT2D eigenvalue weighted by atomic mass is 35.5. The van der Waals surface area contributed by atoms with Crippen molar-refractivity contribution in [1.82, 2.24) is 0 Å². The number of hydrogen-bond acceptors (Lipinski definition) is 2. The minimum absolute atomic E-state index is 0.0620. The number of benzene rings is 1. The van der Waals surface area contributed by atoms with Crippen LogP contribution in [-0.2, 0) is 0 Å². The standard InChI is InChI=1S/C14H18ClNO/c1-3-12-5-4-8-16(12)14-7-6-11(10(2)17)9-13(14)15/h6-7,9,12H,3-5,8H2,1-2H3. The molecule has 0 saturated carbocycles. The SMILES string of the molecule is CCC1CCCN1c1ccc(C(C)=O)cc1Cl. The van der Waals surface area contributed by atoms with Crippen molar-refractivity contribution in [3.63, 3.8) is 0 Å². The Hall–Kier alpha value is -1.02. The summed E-state index contributed by atoms with van der Waals surface area (Å²) in [5.74, 6) is 0.0620. The van der Waals surface area contributed by atoms with Gasteiger partial charge in [-0.05, 0) is 44.4 Å². The van der Waals surface area contributed by atoms with E-state index < -0.39 is 0 Å². The second kappa shape index (κ2) is 5.09. The number of halogens is 1. The number of carbonyl (C=O) groups is 1. The number of anilines is 1. The summed E-state index contributed by atoms with van der Waals surface area (Å²) in [6.45, 7) is 4.84. The molecule has 1 heterocycles. The van der Waals surface area contributed by atoms with Crippen LogP contribution in [0, 0.1) is 0 Å². The molecule has 1 fully saturated rings. The fraction of sp³-hybridized carbons (Fsp3) is 0.500. The maximum atomic E-state index is 11.3. The van der Waals surface area contributed by atoms with Gasteiger partial charge < -0.3 is 4.90 Å². The van der Waals surface area contributed by atoms with E-state index in [0.29, 0.717) is 16.6 Å². The van der Waals surface area contributed by atoms with Crippen molar-refractivity contribution >= 4 is 23.1 Å². The molecule has 1 saturated heterocycles. The van der Waals surface area contributed by atoms with E-state index >= 15 is 0 Å². The van der Waals surface area contributed by atoms with Crippen molar-refractivity contribution in [2.45, 2.75) is 39.2 Å². The molecule has 1 aliphatic heterocycles. The van der Waals surface area contributed by atoms with Gasteiger partial charge in [-0.25, -0.2) is 0 Å². The average molecular weight is 252 g/mol. The summed E-state index contributed by atoms with van der Waals surface area (Å²) in [7, 11) is 0. The first kappa shape index (κ1) is 12.4. The quantitative estimate of drug-likeness (QED) is 0.759. The van der Waals surface area contributed by atoms with Gasteiger partial charge in [0.15, 0.2) is 5.78 Å². The lowest BCUT2D eigenvalue weighted by atomic mass is 10.1. The Morgan fingerprint density at radius 3 is 2.88 bits per heavy atom. The van der Waals surface area contributed by atoms with Crippen molar-refractivity contribution < 1.29 is 4.79 Å². The summed E-state index contributed by atoms with van der Waals surface area (Å²) in [6.07, 6.45) is 3.61. The van der Waals surface area contributed by atoms with Gasteiger partial charge in [-0.2, -0.15) is 0 Å². The number of nitrogens with zero attached hydrogens (tertiary/aromatic N) is 1. The minimum atomic E-state index is 0.0620. The summed E-state index contributed by atoms with van der Waals surface area (Å²) >= 11 is 6.28. The zero-order valence-electron chi connectivity index (χ0n) is 10.4. The maximum Gasteiger partial charge on any atom is 0.159 e. The Labute approximate surface area is 108 Å². The molecule has 1 unspecified atom stereocenters. The van der Waals surface area contributed by atoms with Gasteiger partial charge in [0.1, 0.15) is 0 Å². The summed E-state index contributed by atoms with van der Waals surface area (Å²) < 4.78 is 0. The third-order valence-corrected chi connectivity index (χ3v) is 3.81. The predicted molar refractivity (Wildman–Crippen MR) is 72.1 cm³/mol. The summed E-state index contributed by atoms with van der Waals surface area (Å²) in [6, 6.07) is 6.22. The van der Waals surface area contributed by atoms with E-state index in [1.54, 1.807) is 13.0 Å². The zero-order valence-corrected chi connectivity index (χ0v) is 11.1. The fourth-order valence-corrected chi connectivity index (χ4v) is 2.83. The molecular weight excluding hydrogens is 234 g/mol. The van der Waals surface area contributed by atoms with E-state index in [2.05, 4.69) is 11.8 Å². The summed E-state index contributed by atoms with van der Waals surface area (Å²) in [4.78, 5) is 13.6. The van der Waals surface area contributed by atoms with Gasteiger partial charge in [-0.15, -0.1) is 0 Å². The molecule has 0 N–H and O–H groups in total. The number of carbonyl (C=O) groups excluding carboxylic acids is 1. The van der Waals surface area contributed by atoms with Crippen LogP contribution in [0.1, 0.15) is 43.5 Å². The molecule has 2 rings (SSSR count). The Kier molecular flexibility index (Phi) is 3.72. The van der Waals surface area contributed by atoms with Crippen LogP contribution in [0.4, 0.5) is 5.69 Å². The van der Waals surface area contributed by atoms with E-state index in [1.807, 2.05) is 12.1 Å². The normalized spacial score (nSPS) is 19.7. The van der Waals surface area contributed by atoms with Gasteiger partial charge in [0.05, 0.1) is 10.7 Å². The first-order valence-electron chi connectivity index (χ1n) is 6.20. The lowest BCUT2D eigenvalue weighted by Crippen LogP contribution is -2.28. The minimum Gasteiger partial charge on any atom is -0.367 e. The molecule has 3 heteroatoms. The van der Waals surface area contributed by atoms with Crippen molar-refractivity contribution in [1.29, 1.82) is 0 Å². The Balaban J connectivity index is 2.30. The second-order valence-electron chi connectivity index (χ2n) is 4.62. The predicted octanol–water partition coefficient (Wildman–Crippen LogP) is 3.92. The van der Waals surface area contributed by atoms with Crippen LogP contribution < -0.4 is 4.90 Å². The van der Waals surface area contributed by atoms with Crippen LogP contribution >= 0.6 is 11.6 Å². The number of hydrogen-bond donors (Lipinski definition) is 0. The van der Waals surface area contributed by atoms with Crippen molar-refractivity contribution in [3.05, 3.63) is 28.8 Å². The number of rotatable bonds is 3. The summed E-state index contributed by atoms with van der Waals surface area (Å²) in [5.41, 5.74) is 1.76. The fourth-order valence-electron chi connectivity index (χ4n) is 2.54. The molecule has 0 aliphatic carbocycles. The topological polar surface area (TPSA) is 20.3 Å². The van der Waals surface area contributed by atoms with E-state index in [9.17, 15) is 4.79 Å². The monoisotopic (exact) mass is 251 g/mol. The molecule has 1 atom stereocenters. The van der Waals surface area contributed by atoms with Gasteiger partial charge in [0.2, 0.25) is 0 Å². The number of Topliss-reactive ketones (excluding diaryl/α,β-unsaturated/α-hetero) is 1. The van der Waals surface area contributed by atoms with Gasteiger partial charge >= 0.3 is 0 Å². The van der Waals surface area contributed by atoms with Crippen molar-refractivity contribution in [3.8, 4) is 0 Å². The molecule has 0 amide bonds. The molecule has 1 aliphatic rings. The van der Waals surface area contributed by atoms with Crippen LogP contribution in [0.2, 0.25) is 5.02 Å². The molecule has 1 aromatic carbocycles. The molecule has 0 radical (unpaired) electrons. The largest absolute Gasteiger partial charge is 0.367 e. The highest BCUT2D eigenvalue weighted by molar-refractivity contribution is 6.33. The third-order valence-electron chi connectivity index (χ3n) is 3.51.